The number of fused-ring (bicyclic) bond motifs is 1. The van der Waals surface area contributed by atoms with Gasteiger partial charge in [-0.15, -0.1) is 0 Å². The normalized spacial score (nSPS) is 13.2. The number of ether oxygens (including phenoxy) is 1. The number of hydrogen-bond donors (Lipinski definition) is 1. The van der Waals surface area contributed by atoms with Gasteiger partial charge in [-0.05, 0) is 37.7 Å². The average Bonchev–Trinajstić information content (AvgIpc) is 2.93. The Labute approximate surface area is 166 Å². The summed E-state index contributed by atoms with van der Waals surface area (Å²) in [5.74, 6) is -0.289. The van der Waals surface area contributed by atoms with Crippen LogP contribution < -0.4 is 4.74 Å². The number of para-hydroxylation sites is 1. The van der Waals surface area contributed by atoms with E-state index in [1.807, 2.05) is 32.0 Å². The summed E-state index contributed by atoms with van der Waals surface area (Å²) >= 11 is 0. The molecule has 9 heteroatoms. The smallest absolute Gasteiger partial charge is 0.419 e. The number of rotatable bonds is 7. The van der Waals surface area contributed by atoms with E-state index in [2.05, 4.69) is 10.1 Å². The van der Waals surface area contributed by atoms with E-state index in [1.165, 1.54) is 18.2 Å². The number of hydrogen-bond acceptors (Lipinski definition) is 5. The van der Waals surface area contributed by atoms with Crippen LogP contribution in [0.3, 0.4) is 0 Å². The summed E-state index contributed by atoms with van der Waals surface area (Å²) in [7, 11) is 3.65. The predicted octanol–water partition coefficient (Wildman–Crippen LogP) is 3.17. The minimum atomic E-state index is -4.51. The minimum Gasteiger partial charge on any atom is -0.490 e. The van der Waals surface area contributed by atoms with E-state index in [9.17, 15) is 18.3 Å². The number of aliphatic hydroxyl groups excluding tert-OH is 1. The maximum Gasteiger partial charge on any atom is 0.419 e. The zero-order valence-corrected chi connectivity index (χ0v) is 16.4. The van der Waals surface area contributed by atoms with Crippen molar-refractivity contribution in [3.8, 4) is 5.75 Å². The van der Waals surface area contributed by atoms with Crippen molar-refractivity contribution in [3.63, 3.8) is 0 Å². The van der Waals surface area contributed by atoms with Crippen LogP contribution in [0.25, 0.3) is 11.0 Å². The molecule has 1 atom stereocenters. The fraction of sp³-hybridized carbons (Fsp3) is 0.400. The molecule has 0 fully saturated rings. The molecule has 0 aliphatic rings. The van der Waals surface area contributed by atoms with E-state index in [1.54, 1.807) is 10.9 Å². The summed E-state index contributed by atoms with van der Waals surface area (Å²) in [6.45, 7) is 2.43. The van der Waals surface area contributed by atoms with Gasteiger partial charge in [-0.1, -0.05) is 12.1 Å². The first-order chi connectivity index (χ1) is 13.6. The van der Waals surface area contributed by atoms with Gasteiger partial charge in [0, 0.05) is 31.7 Å². The molecule has 0 radical (unpaired) electrons. The van der Waals surface area contributed by atoms with E-state index in [-0.39, 0.29) is 18.9 Å². The topological polar surface area (TPSA) is 63.4 Å². The number of halogens is 3. The van der Waals surface area contributed by atoms with Crippen molar-refractivity contribution in [1.82, 2.24) is 19.7 Å². The van der Waals surface area contributed by atoms with Crippen molar-refractivity contribution in [2.45, 2.75) is 25.7 Å². The Morgan fingerprint density at radius 1 is 1.28 bits per heavy atom. The average molecular weight is 408 g/mol. The molecule has 0 aliphatic carbocycles. The van der Waals surface area contributed by atoms with Crippen LogP contribution in [-0.4, -0.2) is 51.1 Å². The van der Waals surface area contributed by atoms with Gasteiger partial charge in [0.25, 0.3) is 0 Å². The number of alkyl halides is 3. The Balaban J connectivity index is 1.57. The molecule has 1 aromatic carbocycles. The largest absolute Gasteiger partial charge is 0.490 e. The predicted molar refractivity (Wildman–Crippen MR) is 103 cm³/mol. The second kappa shape index (κ2) is 8.38. The first-order valence-electron chi connectivity index (χ1n) is 9.09. The maximum absolute atomic E-state index is 13.0. The Morgan fingerprint density at radius 2 is 2.00 bits per heavy atom. The monoisotopic (exact) mass is 408 g/mol. The molecule has 2 heterocycles. The van der Waals surface area contributed by atoms with E-state index in [0.717, 1.165) is 28.4 Å². The number of nitrogens with zero attached hydrogens (tertiary/aromatic N) is 4. The zero-order chi connectivity index (χ0) is 21.2. The highest BCUT2D eigenvalue weighted by Crippen LogP contribution is 2.35. The highest BCUT2D eigenvalue weighted by atomic mass is 19.4. The van der Waals surface area contributed by atoms with Crippen molar-refractivity contribution >= 4 is 11.0 Å². The first kappa shape index (κ1) is 21.1. The van der Waals surface area contributed by atoms with Crippen LogP contribution in [0.5, 0.6) is 5.75 Å². The molecule has 3 rings (SSSR count). The standard InChI is InChI=1S/C20H23F3N4O2/c1-13-16-8-14(9-24-19(16)27(3)25-13)10-26(2)11-15(28)12-29-18-7-5-4-6-17(18)20(21,22)23/h4-9,15,28H,10-12H2,1-3H3. The Morgan fingerprint density at radius 3 is 2.72 bits per heavy atom. The van der Waals surface area contributed by atoms with E-state index in [0.29, 0.717) is 6.54 Å². The molecule has 0 aliphatic heterocycles. The summed E-state index contributed by atoms with van der Waals surface area (Å²) in [6.07, 6.45) is -3.70. The van der Waals surface area contributed by atoms with Gasteiger partial charge >= 0.3 is 6.18 Å². The molecule has 2 aromatic heterocycles. The van der Waals surface area contributed by atoms with Crippen molar-refractivity contribution in [3.05, 3.63) is 53.3 Å². The lowest BCUT2D eigenvalue weighted by Crippen LogP contribution is -2.33. The third kappa shape index (κ3) is 5.04. The molecule has 0 amide bonds. The molecule has 1 N–H and O–H groups in total. The first-order valence-corrected chi connectivity index (χ1v) is 9.09. The molecule has 156 valence electrons. The molecular weight excluding hydrogens is 385 g/mol. The highest BCUT2D eigenvalue weighted by Gasteiger charge is 2.34. The van der Waals surface area contributed by atoms with Gasteiger partial charge in [0.2, 0.25) is 0 Å². The number of likely N-dealkylation sites (N-methyl/N-ethyl adjacent to an activating group) is 1. The molecular formula is C20H23F3N4O2. The summed E-state index contributed by atoms with van der Waals surface area (Å²) < 4.78 is 46.0. The molecule has 0 saturated heterocycles. The van der Waals surface area contributed by atoms with Gasteiger partial charge in [0.05, 0.1) is 11.3 Å². The summed E-state index contributed by atoms with van der Waals surface area (Å²) in [5, 5.41) is 15.5. The lowest BCUT2D eigenvalue weighted by molar-refractivity contribution is -0.139. The van der Waals surface area contributed by atoms with Crippen LogP contribution in [0, 0.1) is 6.92 Å². The zero-order valence-electron chi connectivity index (χ0n) is 16.4. The van der Waals surface area contributed by atoms with Crippen LogP contribution in [-0.2, 0) is 19.8 Å². The molecule has 1 unspecified atom stereocenters. The van der Waals surface area contributed by atoms with E-state index >= 15 is 0 Å². The highest BCUT2D eigenvalue weighted by molar-refractivity contribution is 5.78. The second-order valence-electron chi connectivity index (χ2n) is 7.08. The molecule has 6 nitrogen and oxygen atoms in total. The quantitative estimate of drug-likeness (QED) is 0.651. The number of pyridine rings is 1. The lowest BCUT2D eigenvalue weighted by Gasteiger charge is -2.21. The number of aromatic nitrogens is 3. The number of aryl methyl sites for hydroxylation is 2. The van der Waals surface area contributed by atoms with Gasteiger partial charge in [-0.2, -0.15) is 18.3 Å². The Bertz CT molecular complexity index is 988. The molecule has 0 bridgehead atoms. The van der Waals surface area contributed by atoms with Gasteiger partial charge in [0.1, 0.15) is 18.5 Å². The van der Waals surface area contributed by atoms with Gasteiger partial charge in [-0.3, -0.25) is 9.58 Å². The third-order valence-electron chi connectivity index (χ3n) is 4.52. The molecule has 0 spiro atoms. The van der Waals surface area contributed by atoms with Gasteiger partial charge in [0.15, 0.2) is 5.65 Å². The van der Waals surface area contributed by atoms with Crippen molar-refractivity contribution in [1.29, 1.82) is 0 Å². The Hall–Kier alpha value is -2.65. The second-order valence-corrected chi connectivity index (χ2v) is 7.08. The number of aliphatic hydroxyl groups is 1. The summed E-state index contributed by atoms with van der Waals surface area (Å²) in [6, 6.07) is 6.97. The summed E-state index contributed by atoms with van der Waals surface area (Å²) in [5.41, 5.74) is 1.78. The van der Waals surface area contributed by atoms with E-state index in [4.69, 9.17) is 4.74 Å². The van der Waals surface area contributed by atoms with Crippen LogP contribution in [0.1, 0.15) is 16.8 Å². The number of benzene rings is 1. The van der Waals surface area contributed by atoms with Crippen molar-refractivity contribution < 1.29 is 23.0 Å². The molecule has 29 heavy (non-hydrogen) atoms. The fourth-order valence-corrected chi connectivity index (χ4v) is 3.24. The van der Waals surface area contributed by atoms with Crippen LogP contribution >= 0.6 is 0 Å². The fourth-order valence-electron chi connectivity index (χ4n) is 3.24. The van der Waals surface area contributed by atoms with Crippen molar-refractivity contribution in [2.24, 2.45) is 7.05 Å². The van der Waals surface area contributed by atoms with Crippen LogP contribution in [0.15, 0.2) is 36.5 Å². The molecule has 3 aromatic rings. The van der Waals surface area contributed by atoms with Gasteiger partial charge in [-0.25, -0.2) is 4.98 Å². The summed E-state index contributed by atoms with van der Waals surface area (Å²) in [4.78, 5) is 6.28. The van der Waals surface area contributed by atoms with Crippen LogP contribution in [0.2, 0.25) is 0 Å². The SMILES string of the molecule is Cc1nn(C)c2ncc(CN(C)CC(O)COc3ccccc3C(F)(F)F)cc12. The lowest BCUT2D eigenvalue weighted by atomic mass is 10.2. The minimum absolute atomic E-state index is 0.234. The van der Waals surface area contributed by atoms with Crippen LogP contribution in [0.4, 0.5) is 13.2 Å². The maximum atomic E-state index is 13.0. The van der Waals surface area contributed by atoms with Gasteiger partial charge < -0.3 is 9.84 Å². The van der Waals surface area contributed by atoms with Crippen molar-refractivity contribution in [2.75, 3.05) is 20.2 Å². The molecule has 0 saturated carbocycles. The third-order valence-corrected chi connectivity index (χ3v) is 4.52. The Kier molecular flexibility index (Phi) is 6.09. The van der Waals surface area contributed by atoms with E-state index < -0.39 is 17.8 Å².